The molecule has 2 rings (SSSR count). The second kappa shape index (κ2) is 4.23. The maximum Gasteiger partial charge on any atom is 0.328 e. The van der Waals surface area contributed by atoms with E-state index in [0.29, 0.717) is 10.9 Å². The molecule has 1 heterocycles. The minimum absolute atomic E-state index is 0.219. The van der Waals surface area contributed by atoms with E-state index in [2.05, 4.69) is 20.9 Å². The van der Waals surface area contributed by atoms with Gasteiger partial charge < -0.3 is 10.7 Å². The number of H-pyrrole nitrogens is 1. The topological polar surface area (TPSA) is 80.9 Å². The summed E-state index contributed by atoms with van der Waals surface area (Å²) in [5.41, 5.74) is 5.14. The van der Waals surface area contributed by atoms with E-state index in [0.717, 1.165) is 9.04 Å². The molecule has 0 aliphatic heterocycles. The number of fused-ring (bicyclic) bond motifs is 1. The van der Waals surface area contributed by atoms with Crippen molar-refractivity contribution >= 4 is 26.8 Å². The molecule has 0 fully saturated rings. The second-order valence-electron chi connectivity index (χ2n) is 3.37. The smallest absolute Gasteiger partial charge is 0.328 e. The van der Waals surface area contributed by atoms with E-state index in [4.69, 9.17) is 5.73 Å². The fourth-order valence-electron chi connectivity index (χ4n) is 1.55. The van der Waals surface area contributed by atoms with Crippen LogP contribution in [0.2, 0.25) is 0 Å². The lowest BCUT2D eigenvalue weighted by molar-refractivity contribution is 0.646. The highest BCUT2D eigenvalue weighted by atomic mass is 79.9. The molecule has 0 radical (unpaired) electrons. The monoisotopic (exact) mass is 283 g/mol. The van der Waals surface area contributed by atoms with Crippen LogP contribution in [-0.4, -0.2) is 16.1 Å². The molecule has 0 atom stereocenters. The number of rotatable bonds is 2. The molecule has 1 aromatic carbocycles. The molecule has 0 aliphatic carbocycles. The van der Waals surface area contributed by atoms with E-state index >= 15 is 0 Å². The summed E-state index contributed by atoms with van der Waals surface area (Å²) >= 11 is 3.28. The van der Waals surface area contributed by atoms with Gasteiger partial charge in [0.1, 0.15) is 0 Å². The van der Waals surface area contributed by atoms with Crippen molar-refractivity contribution in [3.8, 4) is 0 Å². The molecular weight excluding hydrogens is 274 g/mol. The number of halogens is 1. The SMILES string of the molecule is NCCn1c(=O)[nH]c2ccc(Br)cc2c1=O. The maximum absolute atomic E-state index is 12.0. The minimum Gasteiger partial charge on any atom is -0.329 e. The van der Waals surface area contributed by atoms with Crippen LogP contribution < -0.4 is 17.0 Å². The van der Waals surface area contributed by atoms with Gasteiger partial charge in [-0.05, 0) is 18.2 Å². The van der Waals surface area contributed by atoms with Crippen LogP contribution in [0.5, 0.6) is 0 Å². The molecule has 0 unspecified atom stereocenters. The zero-order chi connectivity index (χ0) is 11.7. The lowest BCUT2D eigenvalue weighted by Gasteiger charge is -2.04. The second-order valence-corrected chi connectivity index (χ2v) is 4.28. The highest BCUT2D eigenvalue weighted by Crippen LogP contribution is 2.13. The van der Waals surface area contributed by atoms with Gasteiger partial charge in [0.15, 0.2) is 0 Å². The molecule has 0 spiro atoms. The number of nitrogens with one attached hydrogen (secondary N) is 1. The maximum atomic E-state index is 12.0. The number of nitrogens with zero attached hydrogens (tertiary/aromatic N) is 1. The van der Waals surface area contributed by atoms with Crippen LogP contribution in [0, 0.1) is 0 Å². The van der Waals surface area contributed by atoms with Gasteiger partial charge in [0, 0.05) is 17.6 Å². The molecule has 6 heteroatoms. The molecule has 2 aromatic rings. The number of nitrogens with two attached hydrogens (primary N) is 1. The normalized spacial score (nSPS) is 10.9. The third-order valence-corrected chi connectivity index (χ3v) is 2.79. The predicted molar refractivity (Wildman–Crippen MR) is 65.6 cm³/mol. The molecule has 0 amide bonds. The van der Waals surface area contributed by atoms with Crippen molar-refractivity contribution < 1.29 is 0 Å². The Labute approximate surface area is 99.0 Å². The Hall–Kier alpha value is -1.40. The summed E-state index contributed by atoms with van der Waals surface area (Å²) in [5.74, 6) is 0. The summed E-state index contributed by atoms with van der Waals surface area (Å²) in [5, 5.41) is 0.474. The number of aromatic nitrogens is 2. The van der Waals surface area contributed by atoms with Crippen molar-refractivity contribution in [2.45, 2.75) is 6.54 Å². The third kappa shape index (κ3) is 1.81. The minimum atomic E-state index is -0.426. The Morgan fingerprint density at radius 3 is 2.81 bits per heavy atom. The van der Waals surface area contributed by atoms with Crippen LogP contribution in [0.1, 0.15) is 0 Å². The van der Waals surface area contributed by atoms with Gasteiger partial charge in [0.2, 0.25) is 0 Å². The molecule has 84 valence electrons. The average molecular weight is 284 g/mol. The summed E-state index contributed by atoms with van der Waals surface area (Å²) in [6.45, 7) is 0.471. The van der Waals surface area contributed by atoms with Gasteiger partial charge in [-0.25, -0.2) is 4.79 Å². The highest BCUT2D eigenvalue weighted by Gasteiger charge is 2.06. The standard InChI is InChI=1S/C10H10BrN3O2/c11-6-1-2-8-7(5-6)9(15)14(4-3-12)10(16)13-8/h1-2,5H,3-4,12H2,(H,13,16). The predicted octanol–water partition coefficient (Wildman–Crippen LogP) is 0.411. The summed E-state index contributed by atoms with van der Waals surface area (Å²) in [7, 11) is 0. The Morgan fingerprint density at radius 2 is 2.12 bits per heavy atom. The van der Waals surface area contributed by atoms with Gasteiger partial charge in [-0.1, -0.05) is 15.9 Å². The first-order chi connectivity index (χ1) is 7.63. The summed E-state index contributed by atoms with van der Waals surface area (Å²) in [4.78, 5) is 26.2. The van der Waals surface area contributed by atoms with Crippen molar-refractivity contribution in [1.29, 1.82) is 0 Å². The first-order valence-electron chi connectivity index (χ1n) is 4.76. The van der Waals surface area contributed by atoms with Gasteiger partial charge in [0.05, 0.1) is 10.9 Å². The Kier molecular flexibility index (Phi) is 2.93. The average Bonchev–Trinajstić information content (AvgIpc) is 2.26. The van der Waals surface area contributed by atoms with Crippen molar-refractivity contribution in [2.75, 3.05) is 6.54 Å². The van der Waals surface area contributed by atoms with Crippen molar-refractivity contribution in [1.82, 2.24) is 9.55 Å². The fraction of sp³-hybridized carbons (Fsp3) is 0.200. The first-order valence-corrected chi connectivity index (χ1v) is 5.55. The van der Waals surface area contributed by atoms with Gasteiger partial charge in [-0.3, -0.25) is 9.36 Å². The molecule has 0 saturated carbocycles. The van der Waals surface area contributed by atoms with Crippen LogP contribution >= 0.6 is 15.9 Å². The Morgan fingerprint density at radius 1 is 1.38 bits per heavy atom. The van der Waals surface area contributed by atoms with Crippen molar-refractivity contribution in [3.63, 3.8) is 0 Å². The van der Waals surface area contributed by atoms with E-state index in [1.165, 1.54) is 0 Å². The molecule has 0 aliphatic rings. The number of hydrogen-bond donors (Lipinski definition) is 2. The zero-order valence-corrected chi connectivity index (χ0v) is 9.95. The fourth-order valence-corrected chi connectivity index (χ4v) is 1.92. The van der Waals surface area contributed by atoms with Gasteiger partial charge in [-0.15, -0.1) is 0 Å². The van der Waals surface area contributed by atoms with Crippen LogP contribution in [0.15, 0.2) is 32.3 Å². The Balaban J connectivity index is 2.85. The lowest BCUT2D eigenvalue weighted by atomic mass is 10.2. The number of hydrogen-bond acceptors (Lipinski definition) is 3. The van der Waals surface area contributed by atoms with Crippen LogP contribution in [0.4, 0.5) is 0 Å². The van der Waals surface area contributed by atoms with Crippen molar-refractivity contribution in [2.24, 2.45) is 5.73 Å². The first kappa shape index (κ1) is 11.1. The van der Waals surface area contributed by atoms with Crippen molar-refractivity contribution in [3.05, 3.63) is 43.5 Å². The van der Waals surface area contributed by atoms with Gasteiger partial charge in [0.25, 0.3) is 5.56 Å². The summed E-state index contributed by atoms with van der Waals surface area (Å²) in [6.07, 6.45) is 0. The Bertz CT molecular complexity index is 645. The van der Waals surface area contributed by atoms with E-state index in [1.807, 2.05) is 0 Å². The summed E-state index contributed by atoms with van der Waals surface area (Å²) in [6, 6.07) is 5.14. The number of benzene rings is 1. The van der Waals surface area contributed by atoms with E-state index in [9.17, 15) is 9.59 Å². The van der Waals surface area contributed by atoms with Gasteiger partial charge >= 0.3 is 5.69 Å². The van der Waals surface area contributed by atoms with Gasteiger partial charge in [-0.2, -0.15) is 0 Å². The van der Waals surface area contributed by atoms with Crippen LogP contribution in [0.25, 0.3) is 10.9 Å². The molecular formula is C10H10BrN3O2. The van der Waals surface area contributed by atoms with E-state index in [-0.39, 0.29) is 18.6 Å². The summed E-state index contributed by atoms with van der Waals surface area (Å²) < 4.78 is 1.90. The zero-order valence-electron chi connectivity index (χ0n) is 8.37. The molecule has 0 bridgehead atoms. The highest BCUT2D eigenvalue weighted by molar-refractivity contribution is 9.10. The van der Waals surface area contributed by atoms with E-state index < -0.39 is 5.69 Å². The largest absolute Gasteiger partial charge is 0.329 e. The molecule has 3 N–H and O–H groups in total. The van der Waals surface area contributed by atoms with E-state index in [1.54, 1.807) is 18.2 Å². The number of aromatic amines is 1. The van der Waals surface area contributed by atoms with Crippen LogP contribution in [0.3, 0.4) is 0 Å². The molecule has 0 saturated heterocycles. The van der Waals surface area contributed by atoms with Crippen LogP contribution in [-0.2, 0) is 6.54 Å². The lowest BCUT2D eigenvalue weighted by Crippen LogP contribution is -2.37. The molecule has 1 aromatic heterocycles. The molecule has 5 nitrogen and oxygen atoms in total. The quantitative estimate of drug-likeness (QED) is 0.838. The third-order valence-electron chi connectivity index (χ3n) is 2.30. The molecule has 16 heavy (non-hydrogen) atoms.